The Labute approximate surface area is 276 Å². The Morgan fingerprint density at radius 1 is 0.302 bits per heavy atom. The molecule has 1 nitrogen and oxygen atoms in total. The zero-order chi connectivity index (χ0) is 28.4. The molecule has 219 valence electrons. The molecule has 0 N–H and O–H groups in total. The molecule has 43 heavy (non-hydrogen) atoms. The molecular formula is C37H32Cl2IrOP2. The van der Waals surface area contributed by atoms with E-state index in [0.717, 1.165) is 0 Å². The van der Waals surface area contributed by atoms with Crippen LogP contribution in [-0.4, -0.2) is 6.79 Å². The van der Waals surface area contributed by atoms with E-state index in [9.17, 15) is 0 Å². The second kappa shape index (κ2) is 16.8. The maximum atomic E-state index is 7.50. The Morgan fingerprint density at radius 2 is 0.442 bits per heavy atom. The molecule has 0 aliphatic rings. The number of carbonyl (C=O) groups excluding carboxylic acids is 1. The Balaban J connectivity index is 0.00000124. The first-order valence-electron chi connectivity index (χ1n) is 13.5. The van der Waals surface area contributed by atoms with Gasteiger partial charge in [-0.1, -0.05) is 0 Å². The maximum absolute atomic E-state index is 7.50. The van der Waals surface area contributed by atoms with Crippen LogP contribution >= 0.6 is 11.0 Å². The fraction of sp³-hybridized carbons (Fsp3) is 0. The zero-order valence-corrected chi connectivity index (χ0v) is 29.2. The van der Waals surface area contributed by atoms with Crippen LogP contribution in [0.4, 0.5) is 0 Å². The molecule has 0 fully saturated rings. The normalized spacial score (nSPS) is 11.4. The van der Waals surface area contributed by atoms with Gasteiger partial charge in [-0.05, 0) is 0 Å². The molecule has 2 radical (unpaired) electrons. The number of hydrogen-bond acceptors (Lipinski definition) is 1. The summed E-state index contributed by atoms with van der Waals surface area (Å²) in [7, 11) is 0. The fourth-order valence-electron chi connectivity index (χ4n) is 5.44. The van der Waals surface area contributed by atoms with Gasteiger partial charge in [0, 0.05) is 0 Å². The van der Waals surface area contributed by atoms with Crippen molar-refractivity contribution in [2.24, 2.45) is 0 Å². The van der Waals surface area contributed by atoms with E-state index in [-0.39, 0.29) is 24.8 Å². The molecule has 0 heterocycles. The predicted octanol–water partition coefficient (Wildman–Crippen LogP) is -0.0374. The minimum atomic E-state index is -2.42. The quantitative estimate of drug-likeness (QED) is 0.198. The Kier molecular flexibility index (Phi) is 13.5. The molecule has 0 saturated heterocycles. The summed E-state index contributed by atoms with van der Waals surface area (Å²) in [6.45, 7) is 4.50. The summed E-state index contributed by atoms with van der Waals surface area (Å²) in [6, 6.07) is 68.8. The van der Waals surface area contributed by atoms with Crippen molar-refractivity contribution in [3.8, 4) is 0 Å². The van der Waals surface area contributed by atoms with Gasteiger partial charge in [-0.2, -0.15) is 0 Å². The van der Waals surface area contributed by atoms with Crippen LogP contribution in [0.1, 0.15) is 0 Å². The van der Waals surface area contributed by atoms with E-state index in [4.69, 9.17) is 4.79 Å². The summed E-state index contributed by atoms with van der Waals surface area (Å²) in [5.41, 5.74) is -4.84. The molecule has 6 rings (SSSR count). The topological polar surface area (TPSA) is 17.1 Å². The molecular weight excluding hydrogens is 785 g/mol. The van der Waals surface area contributed by atoms with Crippen molar-refractivity contribution in [2.45, 2.75) is 0 Å². The van der Waals surface area contributed by atoms with Gasteiger partial charge in [0.15, 0.2) is 0 Å². The van der Waals surface area contributed by atoms with Gasteiger partial charge in [-0.3, -0.25) is 4.79 Å². The summed E-state index contributed by atoms with van der Waals surface area (Å²) in [6.07, 6.45) is 0. The summed E-state index contributed by atoms with van der Waals surface area (Å²) in [5, 5.41) is 9.09. The summed E-state index contributed by atoms with van der Waals surface area (Å²) in [4.78, 5) is 7.50. The molecule has 0 amide bonds. The molecule has 6 aromatic rings. The van der Waals surface area contributed by atoms with E-state index in [1.807, 2.05) is 0 Å². The van der Waals surface area contributed by atoms with Gasteiger partial charge in [-0.25, -0.2) is 0 Å². The summed E-state index contributed by atoms with van der Waals surface area (Å²) in [5.74, 6) is 0. The third-order valence-corrected chi connectivity index (χ3v) is 44.4. The molecule has 0 aliphatic heterocycles. The third kappa shape index (κ3) is 7.09. The van der Waals surface area contributed by atoms with E-state index in [1.54, 1.807) is 0 Å². The van der Waals surface area contributed by atoms with Gasteiger partial charge in [-0.15, -0.1) is 0 Å². The van der Waals surface area contributed by atoms with Crippen molar-refractivity contribution in [3.05, 3.63) is 182 Å². The van der Waals surface area contributed by atoms with Crippen molar-refractivity contribution in [3.63, 3.8) is 0 Å². The van der Waals surface area contributed by atoms with Crippen molar-refractivity contribution >= 4 is 49.6 Å². The Bertz CT molecular complexity index is 1310. The van der Waals surface area contributed by atoms with Gasteiger partial charge in [0.1, 0.15) is 0 Å². The fourth-order valence-corrected chi connectivity index (χ4v) is 53.0. The molecule has 6 aromatic carbocycles. The number of hydrogen-bond donors (Lipinski definition) is 0. The van der Waals surface area contributed by atoms with Crippen LogP contribution in [-0.2, 0) is 21.5 Å². The molecule has 0 unspecified atom stereocenters. The van der Waals surface area contributed by atoms with Gasteiger partial charge in [0.25, 0.3) is 6.79 Å². The molecule has 0 saturated carbocycles. The van der Waals surface area contributed by atoms with E-state index in [1.165, 1.54) is 31.8 Å². The van der Waals surface area contributed by atoms with Crippen molar-refractivity contribution < 1.29 is 46.3 Å². The Morgan fingerprint density at radius 3 is 0.581 bits per heavy atom. The van der Waals surface area contributed by atoms with Gasteiger partial charge in [0.2, 0.25) is 0 Å². The van der Waals surface area contributed by atoms with Crippen LogP contribution in [0.25, 0.3) is 0 Å². The van der Waals surface area contributed by atoms with Crippen molar-refractivity contribution in [2.75, 3.05) is 0 Å². The SMILES string of the molecule is [C]=O.[Cl-].[Cl-].c1ccc([PH]([Ir+2][PH](c2ccccc2)(c2ccccc2)c2ccccc2)(c2ccccc2)c2ccccc2)cc1. The van der Waals surface area contributed by atoms with Gasteiger partial charge in [0.05, 0.1) is 0 Å². The van der Waals surface area contributed by atoms with Crippen LogP contribution in [0.2, 0.25) is 0 Å². The first-order chi connectivity index (χ1) is 20.3. The van der Waals surface area contributed by atoms with E-state index < -0.39 is 27.7 Å². The van der Waals surface area contributed by atoms with Crippen molar-refractivity contribution in [1.82, 2.24) is 0 Å². The van der Waals surface area contributed by atoms with Crippen LogP contribution in [0, 0.1) is 0 Å². The molecule has 0 aromatic heterocycles. The number of benzene rings is 6. The zero-order valence-electron chi connectivity index (χ0n) is 23.3. The monoisotopic (exact) mass is 817 g/mol. The third-order valence-electron chi connectivity index (χ3n) is 7.20. The van der Waals surface area contributed by atoms with E-state index in [0.29, 0.717) is 0 Å². The number of halogens is 2. The second-order valence-corrected chi connectivity index (χ2v) is 32.3. The first kappa shape index (κ1) is 34.6. The molecule has 0 aliphatic carbocycles. The predicted molar refractivity (Wildman–Crippen MR) is 179 cm³/mol. The molecule has 0 bridgehead atoms. The first-order valence-corrected chi connectivity index (χ1v) is 24.4. The molecule has 6 heteroatoms. The summed E-state index contributed by atoms with van der Waals surface area (Å²) >= 11 is -0.688. The van der Waals surface area contributed by atoms with Crippen molar-refractivity contribution in [1.29, 1.82) is 0 Å². The molecule has 0 spiro atoms. The number of rotatable bonds is 8. The van der Waals surface area contributed by atoms with Crippen LogP contribution in [0.3, 0.4) is 0 Å². The van der Waals surface area contributed by atoms with Gasteiger partial charge >= 0.3 is 242 Å². The van der Waals surface area contributed by atoms with Crippen LogP contribution < -0.4 is 56.6 Å². The second-order valence-electron chi connectivity index (χ2n) is 9.53. The summed E-state index contributed by atoms with van der Waals surface area (Å²) < 4.78 is 0. The van der Waals surface area contributed by atoms with Gasteiger partial charge < -0.3 is 24.8 Å². The van der Waals surface area contributed by atoms with Crippen LogP contribution in [0.5, 0.6) is 0 Å². The average molecular weight is 818 g/mol. The van der Waals surface area contributed by atoms with E-state index >= 15 is 0 Å². The van der Waals surface area contributed by atoms with Crippen LogP contribution in [0.15, 0.2) is 182 Å². The average Bonchev–Trinajstić information content (AvgIpc) is 3.09. The van der Waals surface area contributed by atoms with E-state index in [2.05, 4.69) is 189 Å². The Hall–Kier alpha value is -2.92. The standard InChI is InChI=1S/2C18H15P.CO.2ClH.Ir/c2*1-4-10-16(11-5-1)19(17-12-6-2-7-13-17)18-14-8-3-9-15-18;1-2;;;/h2*1-15H;;2*1H;. The minimum absolute atomic E-state index is 0. The molecule has 0 atom stereocenters.